The Kier molecular flexibility index (Phi) is 5.34. The predicted octanol–water partition coefficient (Wildman–Crippen LogP) is 4.32. The fourth-order valence-electron chi connectivity index (χ4n) is 3.38. The zero-order chi connectivity index (χ0) is 21.1. The van der Waals surface area contributed by atoms with Gasteiger partial charge in [0.25, 0.3) is 5.91 Å². The fourth-order valence-corrected chi connectivity index (χ4v) is 3.38. The van der Waals surface area contributed by atoms with E-state index >= 15 is 0 Å². The first-order valence-corrected chi connectivity index (χ1v) is 9.33. The van der Waals surface area contributed by atoms with Crippen molar-refractivity contribution < 1.29 is 18.7 Å². The standard InChI is InChI=1S/C23H20FN3O3/c1-29-17-8-3-5-14(11-17)13-25-23(28)18-9-10-19-20(22(18)30-2)21(27-26-19)15-6-4-7-16(24)12-15/h3-12H,13H2,1-2H3,(H,25,28)(H,26,27). The molecule has 0 saturated heterocycles. The number of fused-ring (bicyclic) bond motifs is 1. The van der Waals surface area contributed by atoms with E-state index in [-0.39, 0.29) is 11.7 Å². The first-order valence-electron chi connectivity index (χ1n) is 9.33. The number of hydrogen-bond donors (Lipinski definition) is 2. The lowest BCUT2D eigenvalue weighted by Crippen LogP contribution is -2.23. The zero-order valence-corrected chi connectivity index (χ0v) is 16.5. The maximum absolute atomic E-state index is 13.7. The number of rotatable bonds is 6. The van der Waals surface area contributed by atoms with Crippen molar-refractivity contribution in [3.05, 3.63) is 77.6 Å². The van der Waals surface area contributed by atoms with Gasteiger partial charge in [0.2, 0.25) is 0 Å². The van der Waals surface area contributed by atoms with Crippen LogP contribution in [0.4, 0.5) is 4.39 Å². The summed E-state index contributed by atoms with van der Waals surface area (Å²) in [5, 5.41) is 10.8. The third kappa shape index (κ3) is 3.69. The number of amides is 1. The number of methoxy groups -OCH3 is 2. The van der Waals surface area contributed by atoms with E-state index in [1.165, 1.54) is 19.2 Å². The Morgan fingerprint density at radius 1 is 1.07 bits per heavy atom. The minimum Gasteiger partial charge on any atom is -0.497 e. The summed E-state index contributed by atoms with van der Waals surface area (Å²) in [4.78, 5) is 12.9. The molecule has 0 bridgehead atoms. The second-order valence-corrected chi connectivity index (χ2v) is 6.69. The van der Waals surface area contributed by atoms with E-state index in [1.807, 2.05) is 24.3 Å². The average molecular weight is 405 g/mol. The molecule has 0 spiro atoms. The van der Waals surface area contributed by atoms with Crippen LogP contribution in [0.1, 0.15) is 15.9 Å². The van der Waals surface area contributed by atoms with Crippen molar-refractivity contribution in [2.75, 3.05) is 14.2 Å². The van der Waals surface area contributed by atoms with Gasteiger partial charge in [-0.05, 0) is 42.0 Å². The molecule has 1 heterocycles. The van der Waals surface area contributed by atoms with Crippen molar-refractivity contribution in [1.29, 1.82) is 0 Å². The van der Waals surface area contributed by atoms with E-state index in [1.54, 1.807) is 31.4 Å². The van der Waals surface area contributed by atoms with Crippen LogP contribution < -0.4 is 14.8 Å². The van der Waals surface area contributed by atoms with E-state index < -0.39 is 0 Å². The van der Waals surface area contributed by atoms with Gasteiger partial charge in [0.05, 0.1) is 30.7 Å². The highest BCUT2D eigenvalue weighted by Crippen LogP contribution is 2.36. The number of aromatic amines is 1. The number of benzene rings is 3. The molecule has 4 aromatic rings. The molecular formula is C23H20FN3O3. The molecule has 152 valence electrons. The second-order valence-electron chi connectivity index (χ2n) is 6.69. The van der Waals surface area contributed by atoms with Gasteiger partial charge < -0.3 is 14.8 Å². The first-order chi connectivity index (χ1) is 14.6. The van der Waals surface area contributed by atoms with Gasteiger partial charge in [-0.3, -0.25) is 9.89 Å². The highest BCUT2D eigenvalue weighted by molar-refractivity contribution is 6.07. The summed E-state index contributed by atoms with van der Waals surface area (Å²) in [6.07, 6.45) is 0. The van der Waals surface area contributed by atoms with Crippen LogP contribution in [0.5, 0.6) is 11.5 Å². The zero-order valence-electron chi connectivity index (χ0n) is 16.5. The van der Waals surface area contributed by atoms with Crippen molar-refractivity contribution in [3.8, 4) is 22.8 Å². The van der Waals surface area contributed by atoms with Crippen molar-refractivity contribution in [2.24, 2.45) is 0 Å². The van der Waals surface area contributed by atoms with Crippen LogP contribution in [0.3, 0.4) is 0 Å². The molecule has 6 nitrogen and oxygen atoms in total. The summed E-state index contributed by atoms with van der Waals surface area (Å²) < 4.78 is 24.5. The smallest absolute Gasteiger partial charge is 0.255 e. The van der Waals surface area contributed by atoms with Crippen molar-refractivity contribution >= 4 is 16.8 Å². The molecule has 2 N–H and O–H groups in total. The maximum Gasteiger partial charge on any atom is 0.255 e. The molecule has 30 heavy (non-hydrogen) atoms. The largest absolute Gasteiger partial charge is 0.497 e. The summed E-state index contributed by atoms with van der Waals surface area (Å²) >= 11 is 0. The molecule has 0 aliphatic rings. The van der Waals surface area contributed by atoms with Crippen LogP contribution in [0.2, 0.25) is 0 Å². The number of carbonyl (C=O) groups excluding carboxylic acids is 1. The van der Waals surface area contributed by atoms with E-state index in [9.17, 15) is 9.18 Å². The number of nitrogens with one attached hydrogen (secondary N) is 2. The Balaban J connectivity index is 1.68. The third-order valence-corrected chi connectivity index (χ3v) is 4.82. The van der Waals surface area contributed by atoms with E-state index in [0.717, 1.165) is 11.3 Å². The second kappa shape index (κ2) is 8.24. The summed E-state index contributed by atoms with van der Waals surface area (Å²) in [5.74, 6) is 0.445. The lowest BCUT2D eigenvalue weighted by molar-refractivity contribution is 0.0948. The normalized spacial score (nSPS) is 10.8. The Morgan fingerprint density at radius 3 is 2.67 bits per heavy atom. The van der Waals surface area contributed by atoms with Crippen LogP contribution in [0.25, 0.3) is 22.2 Å². The van der Waals surface area contributed by atoms with E-state index in [2.05, 4.69) is 15.5 Å². The lowest BCUT2D eigenvalue weighted by atomic mass is 10.0. The number of aromatic nitrogens is 2. The molecule has 0 saturated carbocycles. The van der Waals surface area contributed by atoms with Gasteiger partial charge in [0.1, 0.15) is 23.0 Å². The topological polar surface area (TPSA) is 76.2 Å². The van der Waals surface area contributed by atoms with Gasteiger partial charge in [-0.15, -0.1) is 0 Å². The van der Waals surface area contributed by atoms with Crippen molar-refractivity contribution in [3.63, 3.8) is 0 Å². The summed E-state index contributed by atoms with van der Waals surface area (Å²) in [6.45, 7) is 0.333. The van der Waals surface area contributed by atoms with Gasteiger partial charge in [-0.25, -0.2) is 4.39 Å². The van der Waals surface area contributed by atoms with Gasteiger partial charge >= 0.3 is 0 Å². The molecule has 0 aliphatic carbocycles. The predicted molar refractivity (Wildman–Crippen MR) is 112 cm³/mol. The third-order valence-electron chi connectivity index (χ3n) is 4.82. The molecule has 0 atom stereocenters. The number of H-pyrrole nitrogens is 1. The first kappa shape index (κ1) is 19.4. The molecule has 0 unspecified atom stereocenters. The maximum atomic E-state index is 13.7. The molecule has 0 radical (unpaired) electrons. The van der Waals surface area contributed by atoms with Gasteiger partial charge in [0, 0.05) is 12.1 Å². The van der Waals surface area contributed by atoms with E-state index in [4.69, 9.17) is 9.47 Å². The van der Waals surface area contributed by atoms with Crippen LogP contribution in [-0.4, -0.2) is 30.3 Å². The van der Waals surface area contributed by atoms with Crippen LogP contribution in [-0.2, 0) is 6.54 Å². The van der Waals surface area contributed by atoms with Gasteiger partial charge in [-0.1, -0.05) is 24.3 Å². The molecule has 3 aromatic carbocycles. The summed E-state index contributed by atoms with van der Waals surface area (Å²) in [7, 11) is 3.09. The Morgan fingerprint density at radius 2 is 1.90 bits per heavy atom. The van der Waals surface area contributed by atoms with Crippen LogP contribution in [0.15, 0.2) is 60.7 Å². The molecular weight excluding hydrogens is 385 g/mol. The molecule has 0 fully saturated rings. The molecule has 4 rings (SSSR count). The summed E-state index contributed by atoms with van der Waals surface area (Å²) in [5.41, 5.74) is 3.08. The number of nitrogens with zero attached hydrogens (tertiary/aromatic N) is 1. The fraction of sp³-hybridized carbons (Fsp3) is 0.130. The quantitative estimate of drug-likeness (QED) is 0.501. The van der Waals surface area contributed by atoms with Crippen LogP contribution in [0, 0.1) is 5.82 Å². The Labute approximate surface area is 172 Å². The lowest BCUT2D eigenvalue weighted by Gasteiger charge is -2.12. The Hall–Kier alpha value is -3.87. The number of hydrogen-bond acceptors (Lipinski definition) is 4. The van der Waals surface area contributed by atoms with E-state index in [0.29, 0.717) is 40.0 Å². The highest BCUT2D eigenvalue weighted by atomic mass is 19.1. The molecule has 0 aliphatic heterocycles. The Bertz CT molecular complexity index is 1220. The monoisotopic (exact) mass is 405 g/mol. The van der Waals surface area contributed by atoms with Crippen molar-refractivity contribution in [1.82, 2.24) is 15.5 Å². The minimum atomic E-state index is -0.366. The number of halogens is 1. The molecule has 1 amide bonds. The molecule has 1 aromatic heterocycles. The SMILES string of the molecule is COc1cccc(CNC(=O)c2ccc3[nH]nc(-c4cccc(F)c4)c3c2OC)c1. The minimum absolute atomic E-state index is 0.289. The van der Waals surface area contributed by atoms with Crippen LogP contribution >= 0.6 is 0 Å². The average Bonchev–Trinajstić information content (AvgIpc) is 3.21. The van der Waals surface area contributed by atoms with Gasteiger partial charge in [0.15, 0.2) is 0 Å². The summed E-state index contributed by atoms with van der Waals surface area (Å²) in [6, 6.07) is 17.0. The number of ether oxygens (including phenoxy) is 2. The van der Waals surface area contributed by atoms with Crippen molar-refractivity contribution in [2.45, 2.75) is 6.54 Å². The highest BCUT2D eigenvalue weighted by Gasteiger charge is 2.20. The molecule has 7 heteroatoms. The number of carbonyl (C=O) groups is 1. The van der Waals surface area contributed by atoms with Gasteiger partial charge in [-0.2, -0.15) is 5.10 Å².